The van der Waals surface area contributed by atoms with Crippen molar-refractivity contribution < 1.29 is 19.1 Å². The summed E-state index contributed by atoms with van der Waals surface area (Å²) < 4.78 is 10.7. The van der Waals surface area contributed by atoms with Crippen LogP contribution in [0.1, 0.15) is 31.3 Å². The summed E-state index contributed by atoms with van der Waals surface area (Å²) >= 11 is 0. The van der Waals surface area contributed by atoms with Crippen LogP contribution < -0.4 is 10.1 Å². The van der Waals surface area contributed by atoms with Crippen molar-refractivity contribution in [3.63, 3.8) is 0 Å². The fraction of sp³-hybridized carbons (Fsp3) is 0.312. The van der Waals surface area contributed by atoms with Crippen LogP contribution in [0.3, 0.4) is 0 Å². The van der Waals surface area contributed by atoms with E-state index in [1.165, 1.54) is 0 Å². The summed E-state index contributed by atoms with van der Waals surface area (Å²) in [6.45, 7) is 3.68. The highest BCUT2D eigenvalue weighted by Gasteiger charge is 2.15. The second-order valence-electron chi connectivity index (χ2n) is 4.81. The summed E-state index contributed by atoms with van der Waals surface area (Å²) in [5, 5.41) is 12.3. The first-order valence-electron chi connectivity index (χ1n) is 6.81. The minimum atomic E-state index is -0.635. The first-order valence-corrected chi connectivity index (χ1v) is 6.81. The largest absolute Gasteiger partial charge is 0.481 e. The van der Waals surface area contributed by atoms with Gasteiger partial charge < -0.3 is 19.6 Å². The fourth-order valence-electron chi connectivity index (χ4n) is 1.84. The van der Waals surface area contributed by atoms with Gasteiger partial charge in [0.15, 0.2) is 6.10 Å². The van der Waals surface area contributed by atoms with E-state index in [9.17, 15) is 9.90 Å². The number of furan rings is 1. The molecule has 0 saturated carbocycles. The minimum Gasteiger partial charge on any atom is -0.481 e. The van der Waals surface area contributed by atoms with Gasteiger partial charge in [0.1, 0.15) is 11.5 Å². The smallest absolute Gasteiger partial charge is 0.261 e. The Bertz CT molecular complexity index is 578. The van der Waals surface area contributed by atoms with E-state index in [4.69, 9.17) is 9.15 Å². The highest BCUT2D eigenvalue weighted by molar-refractivity contribution is 5.80. The van der Waals surface area contributed by atoms with Gasteiger partial charge in [-0.05, 0) is 43.7 Å². The lowest BCUT2D eigenvalue weighted by atomic mass is 10.1. The molecule has 0 aliphatic carbocycles. The molecular weight excluding hydrogens is 270 g/mol. The number of nitrogens with one attached hydrogen (secondary N) is 1. The zero-order valence-corrected chi connectivity index (χ0v) is 12.1. The summed E-state index contributed by atoms with van der Waals surface area (Å²) in [6.07, 6.45) is 0.351. The van der Waals surface area contributed by atoms with Crippen LogP contribution in [0.15, 0.2) is 47.1 Å². The zero-order chi connectivity index (χ0) is 15.2. The number of aliphatic hydroxyl groups is 1. The monoisotopic (exact) mass is 289 g/mol. The molecule has 1 aromatic heterocycles. The van der Waals surface area contributed by atoms with Gasteiger partial charge in [0.2, 0.25) is 0 Å². The standard InChI is InChI=1S/C16H19NO4/c1-11(18)13-5-3-6-14(9-13)21-12(2)16(19)17-10-15-7-4-8-20-15/h3-9,11-12,18H,10H2,1-2H3,(H,17,19)/t11-,12?/m1/s1. The first-order chi connectivity index (χ1) is 10.1. The Balaban J connectivity index is 1.89. The van der Waals surface area contributed by atoms with E-state index in [2.05, 4.69) is 5.32 Å². The molecule has 0 saturated heterocycles. The number of ether oxygens (including phenoxy) is 1. The van der Waals surface area contributed by atoms with Gasteiger partial charge >= 0.3 is 0 Å². The molecule has 21 heavy (non-hydrogen) atoms. The van der Waals surface area contributed by atoms with E-state index < -0.39 is 12.2 Å². The molecule has 1 unspecified atom stereocenters. The number of hydrogen-bond donors (Lipinski definition) is 2. The van der Waals surface area contributed by atoms with Gasteiger partial charge in [-0.15, -0.1) is 0 Å². The van der Waals surface area contributed by atoms with Crippen LogP contribution in [0.4, 0.5) is 0 Å². The maximum absolute atomic E-state index is 11.9. The molecular formula is C16H19NO4. The molecule has 0 radical (unpaired) electrons. The second kappa shape index (κ2) is 6.95. The Morgan fingerprint density at radius 3 is 2.81 bits per heavy atom. The molecule has 0 aliphatic heterocycles. The number of rotatable bonds is 6. The molecule has 0 bridgehead atoms. The van der Waals surface area contributed by atoms with Gasteiger partial charge in [0.25, 0.3) is 5.91 Å². The van der Waals surface area contributed by atoms with Crippen molar-refractivity contribution in [1.29, 1.82) is 0 Å². The Morgan fingerprint density at radius 2 is 2.14 bits per heavy atom. The molecule has 1 amide bonds. The Kier molecular flexibility index (Phi) is 5.00. The third kappa shape index (κ3) is 4.36. The maximum Gasteiger partial charge on any atom is 0.261 e. The van der Waals surface area contributed by atoms with Crippen LogP contribution in [-0.2, 0) is 11.3 Å². The van der Waals surface area contributed by atoms with Gasteiger partial charge in [-0.25, -0.2) is 0 Å². The summed E-state index contributed by atoms with van der Waals surface area (Å²) in [4.78, 5) is 11.9. The van der Waals surface area contributed by atoms with E-state index in [1.54, 1.807) is 56.5 Å². The quantitative estimate of drug-likeness (QED) is 0.856. The third-order valence-electron chi connectivity index (χ3n) is 3.04. The van der Waals surface area contributed by atoms with Crippen LogP contribution in [0, 0.1) is 0 Å². The molecule has 2 rings (SSSR count). The molecule has 5 heteroatoms. The number of carbonyl (C=O) groups is 1. The average Bonchev–Trinajstić information content (AvgIpc) is 2.98. The maximum atomic E-state index is 11.9. The number of carbonyl (C=O) groups excluding carboxylic acids is 1. The molecule has 2 N–H and O–H groups in total. The minimum absolute atomic E-state index is 0.228. The summed E-state index contributed by atoms with van der Waals surface area (Å²) in [5.74, 6) is 1.01. The van der Waals surface area contributed by atoms with E-state index in [1.807, 2.05) is 0 Å². The van der Waals surface area contributed by atoms with Gasteiger partial charge in [-0.1, -0.05) is 12.1 Å². The molecule has 0 spiro atoms. The Hall–Kier alpha value is -2.27. The lowest BCUT2D eigenvalue weighted by molar-refractivity contribution is -0.127. The van der Waals surface area contributed by atoms with Crippen molar-refractivity contribution in [2.45, 2.75) is 32.6 Å². The Morgan fingerprint density at radius 1 is 1.33 bits per heavy atom. The van der Waals surface area contributed by atoms with Crippen molar-refractivity contribution in [3.05, 3.63) is 54.0 Å². The summed E-state index contributed by atoms with van der Waals surface area (Å²) in [5.41, 5.74) is 0.746. The molecule has 2 aromatic rings. The molecule has 1 heterocycles. The van der Waals surface area contributed by atoms with Crippen molar-refractivity contribution in [2.24, 2.45) is 0 Å². The molecule has 2 atom stereocenters. The van der Waals surface area contributed by atoms with E-state index >= 15 is 0 Å². The van der Waals surface area contributed by atoms with Crippen molar-refractivity contribution >= 4 is 5.91 Å². The SMILES string of the molecule is CC(Oc1cccc([C@@H](C)O)c1)C(=O)NCc1ccco1. The van der Waals surface area contributed by atoms with Gasteiger partial charge in [0.05, 0.1) is 18.9 Å². The fourth-order valence-corrected chi connectivity index (χ4v) is 1.84. The van der Waals surface area contributed by atoms with Crippen LogP contribution >= 0.6 is 0 Å². The first kappa shape index (κ1) is 15.1. The molecule has 1 aromatic carbocycles. The molecule has 5 nitrogen and oxygen atoms in total. The third-order valence-corrected chi connectivity index (χ3v) is 3.04. The normalized spacial score (nSPS) is 13.5. The average molecular weight is 289 g/mol. The van der Waals surface area contributed by atoms with Crippen LogP contribution in [0.5, 0.6) is 5.75 Å². The van der Waals surface area contributed by atoms with E-state index in [0.717, 1.165) is 5.56 Å². The van der Waals surface area contributed by atoms with Gasteiger partial charge in [0, 0.05) is 0 Å². The predicted molar refractivity (Wildman–Crippen MR) is 77.7 cm³/mol. The summed E-state index contributed by atoms with van der Waals surface area (Å²) in [6, 6.07) is 10.6. The second-order valence-corrected chi connectivity index (χ2v) is 4.81. The highest BCUT2D eigenvalue weighted by Crippen LogP contribution is 2.19. The van der Waals surface area contributed by atoms with Crippen molar-refractivity contribution in [3.8, 4) is 5.75 Å². The van der Waals surface area contributed by atoms with Crippen molar-refractivity contribution in [1.82, 2.24) is 5.32 Å². The van der Waals surface area contributed by atoms with Gasteiger partial charge in [-0.3, -0.25) is 4.79 Å². The van der Waals surface area contributed by atoms with Crippen molar-refractivity contribution in [2.75, 3.05) is 0 Å². The van der Waals surface area contributed by atoms with E-state index in [-0.39, 0.29) is 5.91 Å². The number of benzene rings is 1. The lowest BCUT2D eigenvalue weighted by Crippen LogP contribution is -2.35. The number of amides is 1. The van der Waals surface area contributed by atoms with Crippen LogP contribution in [0.2, 0.25) is 0 Å². The van der Waals surface area contributed by atoms with E-state index in [0.29, 0.717) is 18.1 Å². The molecule has 0 fully saturated rings. The predicted octanol–water partition coefficient (Wildman–Crippen LogP) is 2.42. The zero-order valence-electron chi connectivity index (χ0n) is 12.1. The Labute approximate surface area is 123 Å². The number of hydrogen-bond acceptors (Lipinski definition) is 4. The van der Waals surface area contributed by atoms with Gasteiger partial charge in [-0.2, -0.15) is 0 Å². The summed E-state index contributed by atoms with van der Waals surface area (Å²) in [7, 11) is 0. The topological polar surface area (TPSA) is 71.7 Å². The number of aliphatic hydroxyl groups excluding tert-OH is 1. The molecule has 112 valence electrons. The molecule has 0 aliphatic rings. The lowest BCUT2D eigenvalue weighted by Gasteiger charge is -2.15. The van der Waals surface area contributed by atoms with Crippen LogP contribution in [0.25, 0.3) is 0 Å². The van der Waals surface area contributed by atoms with Crippen LogP contribution in [-0.4, -0.2) is 17.1 Å². The highest BCUT2D eigenvalue weighted by atomic mass is 16.5.